The van der Waals surface area contributed by atoms with Crippen LogP contribution in [0, 0.1) is 5.82 Å². The number of benzene rings is 1. The molecule has 20 heavy (non-hydrogen) atoms. The number of hydrogen-bond acceptors (Lipinski definition) is 3. The number of nitrogens with zero attached hydrogens (tertiary/aromatic N) is 1. The van der Waals surface area contributed by atoms with Gasteiger partial charge < -0.3 is 15.0 Å². The Morgan fingerprint density at radius 3 is 3.00 bits per heavy atom. The van der Waals surface area contributed by atoms with Crippen molar-refractivity contribution in [2.75, 3.05) is 26.2 Å². The first-order chi connectivity index (χ1) is 9.70. The monoisotopic (exact) mass is 278 g/mol. The molecule has 2 aliphatic rings. The lowest BCUT2D eigenvalue weighted by atomic mass is 10.1. The minimum absolute atomic E-state index is 0.132. The maximum atomic E-state index is 13.2. The molecule has 0 bridgehead atoms. The van der Waals surface area contributed by atoms with Gasteiger partial charge in [-0.1, -0.05) is 0 Å². The van der Waals surface area contributed by atoms with E-state index in [1.165, 1.54) is 32.0 Å². The Bertz CT molecular complexity index is 460. The third-order valence-corrected chi connectivity index (χ3v) is 4.19. The van der Waals surface area contributed by atoms with E-state index in [4.69, 9.17) is 4.74 Å². The van der Waals surface area contributed by atoms with Crippen molar-refractivity contribution in [2.45, 2.75) is 38.3 Å². The number of halogens is 1. The van der Waals surface area contributed by atoms with Crippen LogP contribution in [0.15, 0.2) is 18.2 Å². The highest BCUT2D eigenvalue weighted by Gasteiger charge is 2.24. The molecule has 1 N–H and O–H groups in total. The van der Waals surface area contributed by atoms with Crippen molar-refractivity contribution in [3.8, 4) is 5.75 Å². The maximum absolute atomic E-state index is 13.2. The Kier molecular flexibility index (Phi) is 4.22. The largest absolute Gasteiger partial charge is 0.488 e. The molecule has 0 amide bonds. The fourth-order valence-corrected chi connectivity index (χ4v) is 3.15. The van der Waals surface area contributed by atoms with Crippen molar-refractivity contribution in [2.24, 2.45) is 0 Å². The molecule has 1 aromatic rings. The van der Waals surface area contributed by atoms with Crippen molar-refractivity contribution in [1.82, 2.24) is 10.2 Å². The van der Waals surface area contributed by atoms with Crippen LogP contribution in [-0.4, -0.2) is 43.2 Å². The number of nitrogens with one attached hydrogen (secondary N) is 1. The van der Waals surface area contributed by atoms with E-state index in [-0.39, 0.29) is 11.9 Å². The van der Waals surface area contributed by atoms with E-state index in [0.717, 1.165) is 30.8 Å². The second kappa shape index (κ2) is 6.10. The normalized spacial score (nSPS) is 23.6. The van der Waals surface area contributed by atoms with E-state index in [2.05, 4.69) is 17.1 Å². The summed E-state index contributed by atoms with van der Waals surface area (Å²) in [5.74, 6) is 0.661. The molecular formula is C16H23FN2O. The molecule has 3 rings (SSSR count). The molecule has 2 unspecified atom stereocenters. The van der Waals surface area contributed by atoms with E-state index >= 15 is 0 Å². The summed E-state index contributed by atoms with van der Waals surface area (Å²) in [6, 6.07) is 5.25. The first kappa shape index (κ1) is 13.8. The van der Waals surface area contributed by atoms with Gasteiger partial charge in [-0.05, 0) is 51.1 Å². The van der Waals surface area contributed by atoms with Gasteiger partial charge in [0.2, 0.25) is 0 Å². The predicted octanol–water partition coefficient (Wildman–Crippen LogP) is 2.20. The van der Waals surface area contributed by atoms with Crippen LogP contribution >= 0.6 is 0 Å². The molecule has 1 saturated heterocycles. The highest BCUT2D eigenvalue weighted by atomic mass is 19.1. The van der Waals surface area contributed by atoms with E-state index in [0.29, 0.717) is 6.04 Å². The van der Waals surface area contributed by atoms with Gasteiger partial charge in [-0.2, -0.15) is 0 Å². The standard InChI is InChI=1S/C16H23FN2O/c1-12(11-19-6-2-3-7-19)18-10-15-9-13-8-14(17)4-5-16(13)20-15/h4-5,8,12,15,18H,2-3,6-7,9-11H2,1H3. The molecule has 0 spiro atoms. The van der Waals surface area contributed by atoms with Crippen LogP contribution in [0.1, 0.15) is 25.3 Å². The first-order valence-electron chi connectivity index (χ1n) is 7.61. The van der Waals surface area contributed by atoms with Gasteiger partial charge in [0.05, 0.1) is 0 Å². The summed E-state index contributed by atoms with van der Waals surface area (Å²) in [6.45, 7) is 6.62. The fourth-order valence-electron chi connectivity index (χ4n) is 3.15. The van der Waals surface area contributed by atoms with Gasteiger partial charge in [-0.25, -0.2) is 4.39 Å². The number of ether oxygens (including phenoxy) is 1. The van der Waals surface area contributed by atoms with Crippen LogP contribution < -0.4 is 10.1 Å². The maximum Gasteiger partial charge on any atom is 0.123 e. The molecule has 0 aromatic heterocycles. The Balaban J connectivity index is 1.43. The van der Waals surface area contributed by atoms with Gasteiger partial charge in [0.25, 0.3) is 0 Å². The van der Waals surface area contributed by atoms with Crippen LogP contribution in [0.3, 0.4) is 0 Å². The summed E-state index contributed by atoms with van der Waals surface area (Å²) >= 11 is 0. The quantitative estimate of drug-likeness (QED) is 0.893. The molecule has 0 aliphatic carbocycles. The average molecular weight is 278 g/mol. The average Bonchev–Trinajstić information content (AvgIpc) is 3.04. The summed E-state index contributed by atoms with van der Waals surface area (Å²) in [5.41, 5.74) is 0.990. The summed E-state index contributed by atoms with van der Waals surface area (Å²) < 4.78 is 19.0. The summed E-state index contributed by atoms with van der Waals surface area (Å²) in [6.07, 6.45) is 3.60. The zero-order chi connectivity index (χ0) is 13.9. The van der Waals surface area contributed by atoms with Gasteiger partial charge in [0, 0.05) is 31.1 Å². The third kappa shape index (κ3) is 3.30. The van der Waals surface area contributed by atoms with Crippen molar-refractivity contribution in [1.29, 1.82) is 0 Å². The van der Waals surface area contributed by atoms with Gasteiger partial charge in [-0.15, -0.1) is 0 Å². The smallest absolute Gasteiger partial charge is 0.123 e. The highest BCUT2D eigenvalue weighted by Crippen LogP contribution is 2.28. The SMILES string of the molecule is CC(CN1CCCC1)NCC1Cc2cc(F)ccc2O1. The highest BCUT2D eigenvalue weighted by molar-refractivity contribution is 5.37. The van der Waals surface area contributed by atoms with E-state index in [1.54, 1.807) is 12.1 Å². The zero-order valence-corrected chi connectivity index (χ0v) is 12.1. The second-order valence-electron chi connectivity index (χ2n) is 6.01. The number of rotatable bonds is 5. The summed E-state index contributed by atoms with van der Waals surface area (Å²) in [7, 11) is 0. The molecule has 2 atom stereocenters. The summed E-state index contributed by atoms with van der Waals surface area (Å²) in [4.78, 5) is 2.51. The number of fused-ring (bicyclic) bond motifs is 1. The Hall–Kier alpha value is -1.13. The number of likely N-dealkylation sites (tertiary alicyclic amines) is 1. The second-order valence-corrected chi connectivity index (χ2v) is 6.01. The summed E-state index contributed by atoms with van der Waals surface area (Å²) in [5, 5.41) is 3.54. The van der Waals surface area contributed by atoms with Gasteiger partial charge >= 0.3 is 0 Å². The third-order valence-electron chi connectivity index (χ3n) is 4.19. The Labute approximate surface area is 120 Å². The van der Waals surface area contributed by atoms with Crippen molar-refractivity contribution >= 4 is 0 Å². The fraction of sp³-hybridized carbons (Fsp3) is 0.625. The van der Waals surface area contributed by atoms with Gasteiger partial charge in [-0.3, -0.25) is 0 Å². The molecule has 110 valence electrons. The molecular weight excluding hydrogens is 255 g/mol. The van der Waals surface area contributed by atoms with E-state index in [9.17, 15) is 4.39 Å². The Morgan fingerprint density at radius 2 is 2.20 bits per heavy atom. The number of hydrogen-bond donors (Lipinski definition) is 1. The molecule has 0 saturated carbocycles. The molecule has 0 radical (unpaired) electrons. The predicted molar refractivity (Wildman–Crippen MR) is 77.7 cm³/mol. The molecule has 1 fully saturated rings. The molecule has 4 heteroatoms. The van der Waals surface area contributed by atoms with Gasteiger partial charge in [0.15, 0.2) is 0 Å². The van der Waals surface area contributed by atoms with Crippen molar-refractivity contribution < 1.29 is 9.13 Å². The Morgan fingerprint density at radius 1 is 1.40 bits per heavy atom. The van der Waals surface area contributed by atoms with E-state index < -0.39 is 0 Å². The minimum Gasteiger partial charge on any atom is -0.488 e. The van der Waals surface area contributed by atoms with Gasteiger partial charge in [0.1, 0.15) is 17.7 Å². The van der Waals surface area contributed by atoms with Crippen LogP contribution in [0.2, 0.25) is 0 Å². The molecule has 3 nitrogen and oxygen atoms in total. The van der Waals surface area contributed by atoms with Crippen molar-refractivity contribution in [3.63, 3.8) is 0 Å². The van der Waals surface area contributed by atoms with Crippen LogP contribution in [0.4, 0.5) is 4.39 Å². The zero-order valence-electron chi connectivity index (χ0n) is 12.1. The van der Waals surface area contributed by atoms with Crippen LogP contribution in [0.25, 0.3) is 0 Å². The minimum atomic E-state index is -0.177. The van der Waals surface area contributed by atoms with Crippen molar-refractivity contribution in [3.05, 3.63) is 29.6 Å². The molecule has 1 aromatic carbocycles. The lowest BCUT2D eigenvalue weighted by Gasteiger charge is -2.22. The molecule has 2 aliphatic heterocycles. The molecule has 2 heterocycles. The lowest BCUT2D eigenvalue weighted by molar-refractivity contribution is 0.213. The van der Waals surface area contributed by atoms with Crippen LogP contribution in [-0.2, 0) is 6.42 Å². The lowest BCUT2D eigenvalue weighted by Crippen LogP contribution is -2.42. The topological polar surface area (TPSA) is 24.5 Å². The van der Waals surface area contributed by atoms with Crippen LogP contribution in [0.5, 0.6) is 5.75 Å². The van der Waals surface area contributed by atoms with E-state index in [1.807, 2.05) is 0 Å². The first-order valence-corrected chi connectivity index (χ1v) is 7.61.